The number of urea groups is 1. The van der Waals surface area contributed by atoms with E-state index in [0.717, 1.165) is 19.3 Å². The summed E-state index contributed by atoms with van der Waals surface area (Å²) in [4.78, 5) is 12.2. The summed E-state index contributed by atoms with van der Waals surface area (Å²) >= 11 is 0. The Morgan fingerprint density at radius 1 is 1.35 bits per heavy atom. The molecule has 2 aliphatic carbocycles. The van der Waals surface area contributed by atoms with Crippen molar-refractivity contribution in [3.63, 3.8) is 0 Å². The van der Waals surface area contributed by atoms with Crippen LogP contribution < -0.4 is 10.6 Å². The zero-order valence-electron chi connectivity index (χ0n) is 13.7. The van der Waals surface area contributed by atoms with Crippen molar-refractivity contribution in [3.05, 3.63) is 47.5 Å². The smallest absolute Gasteiger partial charge is 0.315 e. The molecule has 0 saturated carbocycles. The molecule has 4 heteroatoms. The Morgan fingerprint density at radius 2 is 2.17 bits per heavy atom. The number of fused-ring (bicyclic) bond motifs is 1. The molecule has 3 N–H and O–H groups in total. The number of hydrogen-bond donors (Lipinski definition) is 3. The molecule has 1 aromatic rings. The normalized spacial score (nSPS) is 29.1. The molecule has 0 unspecified atom stereocenters. The quantitative estimate of drug-likeness (QED) is 0.748. The number of rotatable bonds is 4. The van der Waals surface area contributed by atoms with E-state index in [0.29, 0.717) is 6.54 Å². The summed E-state index contributed by atoms with van der Waals surface area (Å²) in [5, 5.41) is 15.2. The van der Waals surface area contributed by atoms with Gasteiger partial charge < -0.3 is 15.7 Å². The maximum atomic E-state index is 12.2. The maximum Gasteiger partial charge on any atom is 0.315 e. The van der Waals surface area contributed by atoms with Crippen molar-refractivity contribution in [2.24, 2.45) is 5.92 Å². The summed E-state index contributed by atoms with van der Waals surface area (Å²) in [6.45, 7) is 3.03. The molecule has 0 radical (unpaired) electrons. The van der Waals surface area contributed by atoms with Gasteiger partial charge in [0.05, 0.1) is 0 Å². The van der Waals surface area contributed by atoms with E-state index in [9.17, 15) is 4.79 Å². The average molecular weight is 314 g/mol. The van der Waals surface area contributed by atoms with Crippen molar-refractivity contribution >= 4 is 6.03 Å². The lowest BCUT2D eigenvalue weighted by atomic mass is 9.71. The summed E-state index contributed by atoms with van der Waals surface area (Å²) in [5.74, 6) is 0.169. The summed E-state index contributed by atoms with van der Waals surface area (Å²) in [6, 6.07) is 8.47. The minimum absolute atomic E-state index is 0.00529. The highest BCUT2D eigenvalue weighted by Crippen LogP contribution is 2.36. The standard InChI is InChI=1S/C19H26N2O2/c1-19(10-4-6-15-5-2-3-7-17(15)19)13-20-18(23)21-16-9-8-14(11-16)12-22/h2-3,5,7-9,14,16,22H,4,6,10-13H2,1H3,(H2,20,21,23)/t14-,16+,19-/m0/s1. The fourth-order valence-corrected chi connectivity index (χ4v) is 3.83. The predicted molar refractivity (Wildman–Crippen MR) is 91.4 cm³/mol. The number of aliphatic hydroxyl groups excluding tert-OH is 1. The van der Waals surface area contributed by atoms with Crippen LogP contribution in [0.25, 0.3) is 0 Å². The van der Waals surface area contributed by atoms with E-state index < -0.39 is 0 Å². The van der Waals surface area contributed by atoms with Crippen molar-refractivity contribution < 1.29 is 9.90 Å². The molecule has 0 aliphatic heterocycles. The molecule has 1 aromatic carbocycles. The van der Waals surface area contributed by atoms with E-state index in [1.54, 1.807) is 0 Å². The minimum Gasteiger partial charge on any atom is -0.396 e. The fraction of sp³-hybridized carbons (Fsp3) is 0.526. The summed E-state index contributed by atoms with van der Waals surface area (Å²) in [6.07, 6.45) is 8.12. The molecule has 4 nitrogen and oxygen atoms in total. The molecule has 3 atom stereocenters. The van der Waals surface area contributed by atoms with E-state index in [1.165, 1.54) is 17.5 Å². The number of aliphatic hydroxyl groups is 1. The highest BCUT2D eigenvalue weighted by molar-refractivity contribution is 5.74. The van der Waals surface area contributed by atoms with Crippen LogP contribution in [0.5, 0.6) is 0 Å². The molecule has 0 bridgehead atoms. The Balaban J connectivity index is 1.56. The largest absolute Gasteiger partial charge is 0.396 e. The number of carbonyl (C=O) groups excluding carboxylic acids is 1. The zero-order chi connectivity index (χ0) is 16.3. The fourth-order valence-electron chi connectivity index (χ4n) is 3.83. The van der Waals surface area contributed by atoms with Gasteiger partial charge in [-0.3, -0.25) is 0 Å². The lowest BCUT2D eigenvalue weighted by Crippen LogP contribution is -2.47. The first-order chi connectivity index (χ1) is 11.1. The van der Waals surface area contributed by atoms with Crippen LogP contribution >= 0.6 is 0 Å². The molecule has 3 rings (SSSR count). The Kier molecular flexibility index (Phi) is 4.71. The third-order valence-corrected chi connectivity index (χ3v) is 5.20. The van der Waals surface area contributed by atoms with Crippen molar-refractivity contribution in [1.29, 1.82) is 0 Å². The SMILES string of the molecule is C[C@@]1(CNC(=O)N[C@@H]2C=C[C@H](CO)C2)CCCc2ccccc21. The van der Waals surface area contributed by atoms with Crippen LogP contribution in [0.15, 0.2) is 36.4 Å². The van der Waals surface area contributed by atoms with E-state index in [2.05, 4.69) is 41.8 Å². The highest BCUT2D eigenvalue weighted by Gasteiger charge is 2.32. The van der Waals surface area contributed by atoms with Gasteiger partial charge in [0.2, 0.25) is 0 Å². The lowest BCUT2D eigenvalue weighted by molar-refractivity contribution is 0.228. The second-order valence-corrected chi connectivity index (χ2v) is 7.07. The van der Waals surface area contributed by atoms with Gasteiger partial charge in [-0.05, 0) is 36.8 Å². The molecule has 0 saturated heterocycles. The molecule has 0 heterocycles. The number of hydrogen-bond acceptors (Lipinski definition) is 2. The first-order valence-electron chi connectivity index (χ1n) is 8.53. The molecule has 124 valence electrons. The Morgan fingerprint density at radius 3 is 2.96 bits per heavy atom. The molecular formula is C19H26N2O2. The molecule has 0 fully saturated rings. The number of nitrogens with one attached hydrogen (secondary N) is 2. The molecule has 0 spiro atoms. The zero-order valence-corrected chi connectivity index (χ0v) is 13.7. The van der Waals surface area contributed by atoms with Gasteiger partial charge in [-0.2, -0.15) is 0 Å². The van der Waals surface area contributed by atoms with Crippen LogP contribution in [0.2, 0.25) is 0 Å². The second-order valence-electron chi connectivity index (χ2n) is 7.07. The molecular weight excluding hydrogens is 288 g/mol. The van der Waals surface area contributed by atoms with Crippen LogP contribution in [0, 0.1) is 5.92 Å². The van der Waals surface area contributed by atoms with Gasteiger partial charge in [-0.25, -0.2) is 4.79 Å². The summed E-state index contributed by atoms with van der Waals surface area (Å²) in [7, 11) is 0. The third kappa shape index (κ3) is 3.58. The second kappa shape index (κ2) is 6.75. The summed E-state index contributed by atoms with van der Waals surface area (Å²) in [5.41, 5.74) is 2.78. The topological polar surface area (TPSA) is 61.4 Å². The van der Waals surface area contributed by atoms with Gasteiger partial charge in [-0.15, -0.1) is 0 Å². The third-order valence-electron chi connectivity index (χ3n) is 5.20. The van der Waals surface area contributed by atoms with Gasteiger partial charge in [0, 0.05) is 30.5 Å². The van der Waals surface area contributed by atoms with E-state index in [1.807, 2.05) is 12.2 Å². The Hall–Kier alpha value is -1.81. The highest BCUT2D eigenvalue weighted by atomic mass is 16.3. The van der Waals surface area contributed by atoms with Crippen molar-refractivity contribution in [2.75, 3.05) is 13.2 Å². The first-order valence-corrected chi connectivity index (χ1v) is 8.53. The van der Waals surface area contributed by atoms with Crippen molar-refractivity contribution in [1.82, 2.24) is 10.6 Å². The Labute approximate surface area is 138 Å². The summed E-state index contributed by atoms with van der Waals surface area (Å²) < 4.78 is 0. The number of aryl methyl sites for hydroxylation is 1. The van der Waals surface area contributed by atoms with Crippen LogP contribution in [0.1, 0.15) is 37.3 Å². The minimum atomic E-state index is -0.123. The van der Waals surface area contributed by atoms with Gasteiger partial charge in [0.1, 0.15) is 0 Å². The maximum absolute atomic E-state index is 12.2. The van der Waals surface area contributed by atoms with Gasteiger partial charge in [0.25, 0.3) is 0 Å². The molecule has 2 aliphatic rings. The van der Waals surface area contributed by atoms with Crippen LogP contribution in [0.4, 0.5) is 4.79 Å². The van der Waals surface area contributed by atoms with E-state index in [4.69, 9.17) is 5.11 Å². The average Bonchev–Trinajstić information content (AvgIpc) is 3.01. The van der Waals surface area contributed by atoms with Crippen molar-refractivity contribution in [2.45, 2.75) is 44.1 Å². The Bertz CT molecular complexity index is 599. The number of benzene rings is 1. The molecule has 2 amide bonds. The van der Waals surface area contributed by atoms with Gasteiger partial charge in [-0.1, -0.05) is 43.3 Å². The van der Waals surface area contributed by atoms with Crippen LogP contribution in [0.3, 0.4) is 0 Å². The number of amides is 2. The molecule has 23 heavy (non-hydrogen) atoms. The van der Waals surface area contributed by atoms with Crippen LogP contribution in [-0.2, 0) is 11.8 Å². The number of carbonyl (C=O) groups is 1. The van der Waals surface area contributed by atoms with E-state index >= 15 is 0 Å². The predicted octanol–water partition coefficient (Wildman–Crippen LogP) is 2.52. The molecule has 0 aromatic heterocycles. The van der Waals surface area contributed by atoms with Gasteiger partial charge in [0.15, 0.2) is 0 Å². The van der Waals surface area contributed by atoms with Crippen molar-refractivity contribution in [3.8, 4) is 0 Å². The first kappa shape index (κ1) is 16.1. The van der Waals surface area contributed by atoms with Gasteiger partial charge >= 0.3 is 6.03 Å². The van der Waals surface area contributed by atoms with Crippen LogP contribution in [-0.4, -0.2) is 30.3 Å². The monoisotopic (exact) mass is 314 g/mol. The van der Waals surface area contributed by atoms with E-state index in [-0.39, 0.29) is 30.0 Å². The lowest BCUT2D eigenvalue weighted by Gasteiger charge is -2.36.